The summed E-state index contributed by atoms with van der Waals surface area (Å²) < 4.78 is 10.5. The number of rotatable bonds is 7. The zero-order valence-electron chi connectivity index (χ0n) is 14.5. The number of carbonyl (C=O) groups is 2. The Hall–Kier alpha value is -2.12. The largest absolute Gasteiger partial charge is 0.463 e. The van der Waals surface area contributed by atoms with Crippen LogP contribution < -0.4 is 10.2 Å². The first kappa shape index (κ1) is 17.7. The molecule has 6 nitrogen and oxygen atoms in total. The number of hydrogen-bond donors (Lipinski definition) is 2. The highest BCUT2D eigenvalue weighted by atomic mass is 32.1. The third-order valence-corrected chi connectivity index (χ3v) is 5.38. The average Bonchev–Trinajstić information content (AvgIpc) is 3.24. The highest BCUT2D eigenvalue weighted by Gasteiger charge is 2.28. The summed E-state index contributed by atoms with van der Waals surface area (Å²) in [6, 6.07) is 3.73. The second-order valence-corrected chi connectivity index (χ2v) is 7.33. The average molecular weight is 363 g/mol. The molecule has 134 valence electrons. The molecule has 1 aliphatic carbocycles. The van der Waals surface area contributed by atoms with Crippen LogP contribution >= 0.6 is 11.3 Å². The fourth-order valence-corrected chi connectivity index (χ4v) is 4.42. The summed E-state index contributed by atoms with van der Waals surface area (Å²) in [7, 11) is 1.93. The number of esters is 1. The number of likely N-dealkylation sites (N-methyl/N-ethyl adjacent to an activating group) is 1. The van der Waals surface area contributed by atoms with Gasteiger partial charge in [-0.25, -0.2) is 4.79 Å². The quantitative estimate of drug-likeness (QED) is 0.734. The van der Waals surface area contributed by atoms with Gasteiger partial charge in [0.25, 0.3) is 5.91 Å². The lowest BCUT2D eigenvalue weighted by Crippen LogP contribution is -3.08. The van der Waals surface area contributed by atoms with E-state index in [9.17, 15) is 9.59 Å². The maximum absolute atomic E-state index is 12.4. The van der Waals surface area contributed by atoms with E-state index < -0.39 is 0 Å². The molecule has 0 spiro atoms. The molecule has 0 radical (unpaired) electrons. The van der Waals surface area contributed by atoms with Crippen molar-refractivity contribution in [2.24, 2.45) is 0 Å². The molecule has 1 atom stereocenters. The van der Waals surface area contributed by atoms with E-state index in [2.05, 4.69) is 5.32 Å². The molecule has 7 heteroatoms. The molecule has 0 bridgehead atoms. The van der Waals surface area contributed by atoms with E-state index in [1.165, 1.54) is 16.2 Å². The summed E-state index contributed by atoms with van der Waals surface area (Å²) in [4.78, 5) is 26.9. The number of furan rings is 1. The molecule has 2 aromatic heterocycles. The molecule has 2 aromatic rings. The lowest BCUT2D eigenvalue weighted by molar-refractivity contribution is -0.886. The van der Waals surface area contributed by atoms with Crippen LogP contribution in [0.4, 0.5) is 5.00 Å². The number of fused-ring (bicyclic) bond motifs is 1. The van der Waals surface area contributed by atoms with E-state index in [-0.39, 0.29) is 11.9 Å². The minimum Gasteiger partial charge on any atom is -0.463 e. The molecule has 25 heavy (non-hydrogen) atoms. The molecule has 1 unspecified atom stereocenters. The van der Waals surface area contributed by atoms with Crippen molar-refractivity contribution in [2.45, 2.75) is 32.7 Å². The lowest BCUT2D eigenvalue weighted by atomic mass is 10.1. The number of hydrogen-bond acceptors (Lipinski definition) is 5. The molecule has 2 N–H and O–H groups in total. The Morgan fingerprint density at radius 3 is 2.96 bits per heavy atom. The van der Waals surface area contributed by atoms with Gasteiger partial charge in [-0.2, -0.15) is 0 Å². The number of quaternary nitrogens is 1. The van der Waals surface area contributed by atoms with Gasteiger partial charge in [0, 0.05) is 4.88 Å². The van der Waals surface area contributed by atoms with Crippen LogP contribution in [0, 0.1) is 0 Å². The Morgan fingerprint density at radius 2 is 2.24 bits per heavy atom. The molecular formula is C18H23N2O4S+. The SMILES string of the molecule is CCOC(=O)c1c(NC(=O)C[NH+](C)Cc2ccco2)sc2c1CCC2. The van der Waals surface area contributed by atoms with Crippen LogP contribution in [-0.4, -0.2) is 32.1 Å². The minimum absolute atomic E-state index is 0.116. The fraction of sp³-hybridized carbons (Fsp3) is 0.444. The Bertz CT molecular complexity index is 751. The molecule has 3 rings (SSSR count). The van der Waals surface area contributed by atoms with Crippen molar-refractivity contribution in [1.82, 2.24) is 0 Å². The van der Waals surface area contributed by atoms with Crippen LogP contribution in [0.3, 0.4) is 0 Å². The number of ether oxygens (including phenoxy) is 1. The van der Waals surface area contributed by atoms with Crippen LogP contribution in [-0.2, 0) is 28.9 Å². The van der Waals surface area contributed by atoms with Crippen LogP contribution in [0.5, 0.6) is 0 Å². The third kappa shape index (κ3) is 4.11. The van der Waals surface area contributed by atoms with E-state index in [1.807, 2.05) is 19.2 Å². The Labute approximate surface area is 150 Å². The number of thiophene rings is 1. The zero-order chi connectivity index (χ0) is 17.8. The number of carbonyl (C=O) groups excluding carboxylic acids is 2. The summed E-state index contributed by atoms with van der Waals surface area (Å²) >= 11 is 1.50. The number of anilines is 1. The van der Waals surface area contributed by atoms with Crippen LogP contribution in [0.1, 0.15) is 39.9 Å². The molecular weight excluding hydrogens is 340 g/mol. The van der Waals surface area contributed by atoms with Gasteiger partial charge >= 0.3 is 5.97 Å². The third-order valence-electron chi connectivity index (χ3n) is 4.17. The summed E-state index contributed by atoms with van der Waals surface area (Å²) in [5.41, 5.74) is 1.60. The summed E-state index contributed by atoms with van der Waals surface area (Å²) in [6.45, 7) is 3.04. The highest BCUT2D eigenvalue weighted by Crippen LogP contribution is 2.39. The molecule has 0 fully saturated rings. The van der Waals surface area contributed by atoms with Gasteiger partial charge in [-0.05, 0) is 43.9 Å². The second kappa shape index (κ2) is 7.84. The summed E-state index contributed by atoms with van der Waals surface area (Å²) in [6.07, 6.45) is 4.52. The first-order valence-electron chi connectivity index (χ1n) is 8.53. The van der Waals surface area contributed by atoms with Crippen molar-refractivity contribution in [3.63, 3.8) is 0 Å². The zero-order valence-corrected chi connectivity index (χ0v) is 15.3. The van der Waals surface area contributed by atoms with Crippen molar-refractivity contribution < 1.29 is 23.6 Å². The Morgan fingerprint density at radius 1 is 1.40 bits per heavy atom. The van der Waals surface area contributed by atoms with E-state index in [4.69, 9.17) is 9.15 Å². The number of aryl methyl sites for hydroxylation is 1. The summed E-state index contributed by atoms with van der Waals surface area (Å²) in [5, 5.41) is 3.54. The monoisotopic (exact) mass is 363 g/mol. The second-order valence-electron chi connectivity index (χ2n) is 6.22. The predicted molar refractivity (Wildman–Crippen MR) is 95.1 cm³/mol. The van der Waals surface area contributed by atoms with Gasteiger partial charge in [0.05, 0.1) is 25.5 Å². The van der Waals surface area contributed by atoms with Gasteiger partial charge in [-0.15, -0.1) is 11.3 Å². The van der Waals surface area contributed by atoms with Crippen molar-refractivity contribution in [3.05, 3.63) is 40.2 Å². The van der Waals surface area contributed by atoms with E-state index in [0.717, 1.165) is 35.5 Å². The normalized spacial score (nSPS) is 14.2. The molecule has 0 saturated heterocycles. The maximum Gasteiger partial charge on any atom is 0.341 e. The molecule has 0 aliphatic heterocycles. The van der Waals surface area contributed by atoms with Gasteiger partial charge in [0.1, 0.15) is 11.5 Å². The highest BCUT2D eigenvalue weighted by molar-refractivity contribution is 7.17. The maximum atomic E-state index is 12.4. The van der Waals surface area contributed by atoms with Crippen LogP contribution in [0.2, 0.25) is 0 Å². The molecule has 0 saturated carbocycles. The van der Waals surface area contributed by atoms with Gasteiger partial charge in [0.15, 0.2) is 12.3 Å². The minimum atomic E-state index is -0.339. The van der Waals surface area contributed by atoms with Gasteiger partial charge < -0.3 is 19.4 Å². The number of nitrogens with one attached hydrogen (secondary N) is 2. The van der Waals surface area contributed by atoms with Crippen molar-refractivity contribution in [2.75, 3.05) is 25.5 Å². The van der Waals surface area contributed by atoms with Crippen molar-refractivity contribution >= 4 is 28.2 Å². The molecule has 1 amide bonds. The van der Waals surface area contributed by atoms with E-state index in [0.29, 0.717) is 30.3 Å². The van der Waals surface area contributed by atoms with Gasteiger partial charge in [0.2, 0.25) is 0 Å². The Kier molecular flexibility index (Phi) is 5.55. The topological polar surface area (TPSA) is 73.0 Å². The molecule has 0 aromatic carbocycles. The Balaban J connectivity index is 1.67. The fourth-order valence-electron chi connectivity index (χ4n) is 3.13. The predicted octanol–water partition coefficient (Wildman–Crippen LogP) is 1.66. The molecule has 2 heterocycles. The standard InChI is InChI=1S/C18H22N2O4S/c1-3-23-18(22)16-13-7-4-8-14(13)25-17(16)19-15(21)11-20(2)10-12-6-5-9-24-12/h5-6,9H,3-4,7-8,10-11H2,1-2H3,(H,19,21)/p+1. The first-order valence-corrected chi connectivity index (χ1v) is 9.35. The van der Waals surface area contributed by atoms with Crippen molar-refractivity contribution in [3.8, 4) is 0 Å². The molecule has 1 aliphatic rings. The van der Waals surface area contributed by atoms with Gasteiger partial charge in [-0.1, -0.05) is 0 Å². The lowest BCUT2D eigenvalue weighted by Gasteiger charge is -2.12. The van der Waals surface area contributed by atoms with E-state index >= 15 is 0 Å². The number of amides is 1. The summed E-state index contributed by atoms with van der Waals surface area (Å²) in [5.74, 6) is 0.385. The van der Waals surface area contributed by atoms with E-state index in [1.54, 1.807) is 13.2 Å². The van der Waals surface area contributed by atoms with Gasteiger partial charge in [-0.3, -0.25) is 4.79 Å². The van der Waals surface area contributed by atoms with Crippen LogP contribution in [0.25, 0.3) is 0 Å². The smallest absolute Gasteiger partial charge is 0.341 e. The first-order chi connectivity index (χ1) is 12.1. The van der Waals surface area contributed by atoms with Crippen molar-refractivity contribution in [1.29, 1.82) is 0 Å². The van der Waals surface area contributed by atoms with Crippen LogP contribution in [0.15, 0.2) is 22.8 Å².